The van der Waals surface area contributed by atoms with Crippen molar-refractivity contribution in [3.63, 3.8) is 0 Å². The van der Waals surface area contributed by atoms with Gasteiger partial charge in [-0.3, -0.25) is 4.90 Å². The quantitative estimate of drug-likeness (QED) is 0.788. The minimum absolute atomic E-state index is 0.0615. The molecule has 0 fully saturated rings. The van der Waals surface area contributed by atoms with E-state index in [0.717, 1.165) is 18.8 Å². The van der Waals surface area contributed by atoms with E-state index in [1.807, 2.05) is 24.0 Å². The molecule has 1 unspecified atom stereocenters. The maximum atomic E-state index is 5.82. The first-order valence-corrected chi connectivity index (χ1v) is 5.41. The van der Waals surface area contributed by atoms with Crippen molar-refractivity contribution >= 4 is 0 Å². The second-order valence-electron chi connectivity index (χ2n) is 4.37. The van der Waals surface area contributed by atoms with Gasteiger partial charge >= 0.3 is 0 Å². The molecule has 1 aromatic heterocycles. The van der Waals surface area contributed by atoms with Crippen LogP contribution in [0.2, 0.25) is 0 Å². The molecule has 0 radical (unpaired) electrons. The summed E-state index contributed by atoms with van der Waals surface area (Å²) in [6, 6.07) is 0. The Morgan fingerprint density at radius 1 is 1.60 bits per heavy atom. The van der Waals surface area contributed by atoms with Gasteiger partial charge in [-0.05, 0) is 20.4 Å². The van der Waals surface area contributed by atoms with Crippen LogP contribution in [0, 0.1) is 0 Å². The van der Waals surface area contributed by atoms with Crippen LogP contribution in [0.25, 0.3) is 0 Å². The lowest BCUT2D eigenvalue weighted by molar-refractivity contribution is 0.127. The van der Waals surface area contributed by atoms with E-state index < -0.39 is 0 Å². The molecule has 1 aromatic rings. The minimum atomic E-state index is 0.0615. The molecule has 4 heteroatoms. The fraction of sp³-hybridized carbons (Fsp3) is 0.727. The number of nitrogens with two attached hydrogens (primary N) is 1. The number of aromatic nitrogens is 2. The van der Waals surface area contributed by atoms with Gasteiger partial charge in [-0.1, -0.05) is 6.92 Å². The summed E-state index contributed by atoms with van der Waals surface area (Å²) in [5.74, 6) is 1.07. The summed E-state index contributed by atoms with van der Waals surface area (Å²) in [5, 5.41) is 0. The van der Waals surface area contributed by atoms with Crippen LogP contribution in [0.3, 0.4) is 0 Å². The van der Waals surface area contributed by atoms with E-state index in [9.17, 15) is 0 Å². The van der Waals surface area contributed by atoms with Gasteiger partial charge in [-0.25, -0.2) is 4.98 Å². The Morgan fingerprint density at radius 3 is 2.67 bits per heavy atom. The van der Waals surface area contributed by atoms with Crippen molar-refractivity contribution in [2.75, 3.05) is 13.6 Å². The van der Waals surface area contributed by atoms with E-state index in [-0.39, 0.29) is 5.54 Å². The van der Waals surface area contributed by atoms with Gasteiger partial charge in [0.05, 0.1) is 6.54 Å². The second-order valence-corrected chi connectivity index (χ2v) is 4.37. The van der Waals surface area contributed by atoms with E-state index in [2.05, 4.69) is 30.8 Å². The molecule has 0 aliphatic carbocycles. The monoisotopic (exact) mass is 210 g/mol. The zero-order valence-corrected chi connectivity index (χ0v) is 10.2. The molecule has 0 bridgehead atoms. The molecular formula is C11H22N4. The molecule has 0 aliphatic rings. The average Bonchev–Trinajstić information content (AvgIpc) is 2.63. The molecular weight excluding hydrogens is 188 g/mol. The van der Waals surface area contributed by atoms with E-state index in [4.69, 9.17) is 5.73 Å². The number of nitrogens with zero attached hydrogens (tertiary/aromatic N) is 3. The first-order chi connectivity index (χ1) is 7.03. The molecule has 0 saturated heterocycles. The normalized spacial score (nSPS) is 15.6. The summed E-state index contributed by atoms with van der Waals surface area (Å²) in [4.78, 5) is 6.59. The highest BCUT2D eigenvalue weighted by Crippen LogP contribution is 2.17. The van der Waals surface area contributed by atoms with Crippen molar-refractivity contribution in [2.24, 2.45) is 12.8 Å². The minimum Gasteiger partial charge on any atom is -0.337 e. The molecule has 0 aliphatic heterocycles. The first-order valence-electron chi connectivity index (χ1n) is 5.41. The Balaban J connectivity index is 2.70. The first kappa shape index (κ1) is 12.2. The molecule has 0 aromatic carbocycles. The number of hydrogen-bond donors (Lipinski definition) is 1. The van der Waals surface area contributed by atoms with Gasteiger partial charge < -0.3 is 10.3 Å². The van der Waals surface area contributed by atoms with E-state index in [1.165, 1.54) is 0 Å². The third-order valence-corrected chi connectivity index (χ3v) is 3.42. The van der Waals surface area contributed by atoms with Crippen molar-refractivity contribution in [2.45, 2.75) is 32.4 Å². The molecule has 4 nitrogen and oxygen atoms in total. The fourth-order valence-electron chi connectivity index (χ4n) is 1.52. The number of aryl methyl sites for hydroxylation is 1. The standard InChI is InChI=1S/C11H22N4/c1-5-11(2,9-12)15(4)8-10-13-6-7-14(10)3/h6-7H,5,8-9,12H2,1-4H3. The number of imidazole rings is 1. The predicted molar refractivity (Wildman–Crippen MR) is 62.4 cm³/mol. The van der Waals surface area contributed by atoms with Crippen molar-refractivity contribution in [3.8, 4) is 0 Å². The lowest BCUT2D eigenvalue weighted by Crippen LogP contribution is -2.49. The van der Waals surface area contributed by atoms with Crippen molar-refractivity contribution in [1.29, 1.82) is 0 Å². The van der Waals surface area contributed by atoms with Crippen molar-refractivity contribution in [1.82, 2.24) is 14.5 Å². The maximum Gasteiger partial charge on any atom is 0.122 e. The van der Waals surface area contributed by atoms with Gasteiger partial charge in [0.15, 0.2) is 0 Å². The Hall–Kier alpha value is -0.870. The largest absolute Gasteiger partial charge is 0.337 e. The predicted octanol–water partition coefficient (Wildman–Crippen LogP) is 0.979. The lowest BCUT2D eigenvalue weighted by atomic mass is 9.97. The van der Waals surface area contributed by atoms with Gasteiger partial charge in [-0.15, -0.1) is 0 Å². The average molecular weight is 210 g/mol. The van der Waals surface area contributed by atoms with Crippen molar-refractivity contribution < 1.29 is 0 Å². The Bertz CT molecular complexity index is 301. The van der Waals surface area contributed by atoms with Crippen molar-refractivity contribution in [3.05, 3.63) is 18.2 Å². The summed E-state index contributed by atoms with van der Waals surface area (Å²) >= 11 is 0. The molecule has 1 rings (SSSR count). The van der Waals surface area contributed by atoms with E-state index in [0.29, 0.717) is 6.54 Å². The molecule has 0 saturated carbocycles. The summed E-state index contributed by atoms with van der Waals surface area (Å²) in [6.07, 6.45) is 4.84. The Kier molecular flexibility index (Phi) is 3.88. The van der Waals surface area contributed by atoms with Crippen LogP contribution in [-0.2, 0) is 13.6 Å². The molecule has 86 valence electrons. The smallest absolute Gasteiger partial charge is 0.122 e. The summed E-state index contributed by atoms with van der Waals surface area (Å²) in [6.45, 7) is 5.87. The van der Waals surface area contributed by atoms with Crippen LogP contribution >= 0.6 is 0 Å². The van der Waals surface area contributed by atoms with Gasteiger partial charge in [0.25, 0.3) is 0 Å². The summed E-state index contributed by atoms with van der Waals surface area (Å²) < 4.78 is 2.04. The van der Waals surface area contributed by atoms with Gasteiger partial charge in [0.2, 0.25) is 0 Å². The lowest BCUT2D eigenvalue weighted by Gasteiger charge is -2.37. The Morgan fingerprint density at radius 2 is 2.27 bits per heavy atom. The SMILES string of the molecule is CCC(C)(CN)N(C)Cc1nccn1C. The highest BCUT2D eigenvalue weighted by atomic mass is 15.2. The summed E-state index contributed by atoms with van der Waals surface area (Å²) in [7, 11) is 4.12. The maximum absolute atomic E-state index is 5.82. The topological polar surface area (TPSA) is 47.1 Å². The van der Waals surface area contributed by atoms with Crippen LogP contribution in [0.15, 0.2) is 12.4 Å². The molecule has 15 heavy (non-hydrogen) atoms. The van der Waals surface area contributed by atoms with Gasteiger partial charge in [0.1, 0.15) is 5.82 Å². The third-order valence-electron chi connectivity index (χ3n) is 3.42. The van der Waals surface area contributed by atoms with Crippen LogP contribution in [0.5, 0.6) is 0 Å². The molecule has 1 heterocycles. The third kappa shape index (κ3) is 2.58. The number of hydrogen-bond acceptors (Lipinski definition) is 3. The van der Waals surface area contributed by atoms with Gasteiger partial charge in [0, 0.05) is 31.5 Å². The molecule has 2 N–H and O–H groups in total. The highest BCUT2D eigenvalue weighted by molar-refractivity contribution is 4.94. The highest BCUT2D eigenvalue weighted by Gasteiger charge is 2.26. The second kappa shape index (κ2) is 4.77. The van der Waals surface area contributed by atoms with Crippen LogP contribution in [0.1, 0.15) is 26.1 Å². The van der Waals surface area contributed by atoms with Crippen LogP contribution < -0.4 is 5.73 Å². The molecule has 1 atom stereocenters. The fourth-order valence-corrected chi connectivity index (χ4v) is 1.52. The van der Waals surface area contributed by atoms with E-state index >= 15 is 0 Å². The molecule has 0 amide bonds. The summed E-state index contributed by atoms with van der Waals surface area (Å²) in [5.41, 5.74) is 5.88. The Labute approximate surface area is 92.1 Å². The number of likely N-dealkylation sites (N-methyl/N-ethyl adjacent to an activating group) is 1. The zero-order valence-electron chi connectivity index (χ0n) is 10.2. The number of rotatable bonds is 5. The van der Waals surface area contributed by atoms with Crippen LogP contribution in [-0.4, -0.2) is 33.6 Å². The van der Waals surface area contributed by atoms with Gasteiger partial charge in [-0.2, -0.15) is 0 Å². The van der Waals surface area contributed by atoms with Crippen LogP contribution in [0.4, 0.5) is 0 Å². The van der Waals surface area contributed by atoms with E-state index in [1.54, 1.807) is 0 Å². The molecule has 0 spiro atoms. The zero-order chi connectivity index (χ0) is 11.5.